The van der Waals surface area contributed by atoms with Crippen molar-refractivity contribution in [2.75, 3.05) is 24.7 Å². The molecule has 1 fully saturated rings. The molecule has 1 aliphatic heterocycles. The van der Waals surface area contributed by atoms with E-state index in [1.54, 1.807) is 0 Å². The first-order chi connectivity index (χ1) is 8.09. The van der Waals surface area contributed by atoms with Crippen molar-refractivity contribution in [3.8, 4) is 0 Å². The van der Waals surface area contributed by atoms with Crippen LogP contribution in [-0.2, 0) is 19.3 Å². The lowest BCUT2D eigenvalue weighted by molar-refractivity contribution is -0.0476. The molecule has 0 unspecified atom stereocenters. The molecule has 0 aromatic carbocycles. The van der Waals surface area contributed by atoms with Gasteiger partial charge in [0.1, 0.15) is 0 Å². The van der Waals surface area contributed by atoms with E-state index in [2.05, 4.69) is 13.8 Å². The fourth-order valence-electron chi connectivity index (χ4n) is 1.85. The van der Waals surface area contributed by atoms with Gasteiger partial charge in [-0.05, 0) is 12.8 Å². The second-order valence-electron chi connectivity index (χ2n) is 4.60. The molecule has 4 nitrogen and oxygen atoms in total. The van der Waals surface area contributed by atoms with Crippen LogP contribution in [0.15, 0.2) is 0 Å². The molecule has 2 atom stereocenters. The van der Waals surface area contributed by atoms with Crippen molar-refractivity contribution in [1.29, 1.82) is 0 Å². The van der Waals surface area contributed by atoms with Gasteiger partial charge in [0.15, 0.2) is 9.84 Å². The van der Waals surface area contributed by atoms with Gasteiger partial charge < -0.3 is 9.47 Å². The Hall–Kier alpha value is -0.130. The Morgan fingerprint density at radius 2 is 1.35 bits per heavy atom. The van der Waals surface area contributed by atoms with Gasteiger partial charge in [0.05, 0.1) is 23.7 Å². The summed E-state index contributed by atoms with van der Waals surface area (Å²) in [7, 11) is -2.97. The third-order valence-electron chi connectivity index (χ3n) is 2.91. The lowest BCUT2D eigenvalue weighted by Gasteiger charge is -2.19. The van der Waals surface area contributed by atoms with E-state index in [4.69, 9.17) is 9.47 Å². The van der Waals surface area contributed by atoms with Crippen LogP contribution >= 0.6 is 0 Å². The molecule has 0 N–H and O–H groups in total. The SMILES string of the molecule is CCCCO[C@H]1CS(=O)(=O)C[C@H]1OCCCC. The molecule has 0 saturated carbocycles. The second-order valence-corrected chi connectivity index (χ2v) is 6.76. The van der Waals surface area contributed by atoms with Gasteiger partial charge in [-0.15, -0.1) is 0 Å². The molecule has 1 aliphatic rings. The zero-order chi connectivity index (χ0) is 12.7. The molecular formula is C12H24O4S. The summed E-state index contributed by atoms with van der Waals surface area (Å²) >= 11 is 0. The maximum absolute atomic E-state index is 11.6. The van der Waals surface area contributed by atoms with Gasteiger partial charge in [0.2, 0.25) is 0 Å². The second kappa shape index (κ2) is 7.34. The Kier molecular flexibility index (Phi) is 6.44. The van der Waals surface area contributed by atoms with Crippen LogP contribution in [0.4, 0.5) is 0 Å². The van der Waals surface area contributed by atoms with Gasteiger partial charge in [-0.1, -0.05) is 26.7 Å². The zero-order valence-electron chi connectivity index (χ0n) is 10.9. The highest BCUT2D eigenvalue weighted by Gasteiger charge is 2.38. The smallest absolute Gasteiger partial charge is 0.155 e. The molecule has 17 heavy (non-hydrogen) atoms. The van der Waals surface area contributed by atoms with Gasteiger partial charge in [0, 0.05) is 13.2 Å². The van der Waals surface area contributed by atoms with E-state index in [9.17, 15) is 8.42 Å². The van der Waals surface area contributed by atoms with E-state index in [1.165, 1.54) is 0 Å². The van der Waals surface area contributed by atoms with Crippen LogP contribution in [0, 0.1) is 0 Å². The van der Waals surface area contributed by atoms with E-state index in [0.29, 0.717) is 13.2 Å². The van der Waals surface area contributed by atoms with Crippen LogP contribution in [-0.4, -0.2) is 45.3 Å². The van der Waals surface area contributed by atoms with Crippen LogP contribution in [0.1, 0.15) is 39.5 Å². The highest BCUT2D eigenvalue weighted by molar-refractivity contribution is 7.91. The summed E-state index contributed by atoms with van der Waals surface area (Å²) in [6.45, 7) is 5.43. The van der Waals surface area contributed by atoms with Crippen molar-refractivity contribution in [1.82, 2.24) is 0 Å². The average Bonchev–Trinajstić information content (AvgIpc) is 2.54. The summed E-state index contributed by atoms with van der Waals surface area (Å²) in [6, 6.07) is 0. The summed E-state index contributed by atoms with van der Waals surface area (Å²) in [5.74, 6) is 0.237. The number of unbranched alkanes of at least 4 members (excludes halogenated alkanes) is 2. The molecule has 0 amide bonds. The quantitative estimate of drug-likeness (QED) is 0.627. The van der Waals surface area contributed by atoms with E-state index in [-0.39, 0.29) is 23.7 Å². The van der Waals surface area contributed by atoms with Crippen LogP contribution in [0.2, 0.25) is 0 Å². The highest BCUT2D eigenvalue weighted by Crippen LogP contribution is 2.19. The fraction of sp³-hybridized carbons (Fsp3) is 1.00. The van der Waals surface area contributed by atoms with Crippen LogP contribution in [0.3, 0.4) is 0 Å². The van der Waals surface area contributed by atoms with Crippen molar-refractivity contribution < 1.29 is 17.9 Å². The number of rotatable bonds is 8. The van der Waals surface area contributed by atoms with Crippen LogP contribution in [0.25, 0.3) is 0 Å². The molecule has 1 heterocycles. The zero-order valence-corrected chi connectivity index (χ0v) is 11.7. The summed E-state index contributed by atoms with van der Waals surface area (Å²) in [4.78, 5) is 0. The van der Waals surface area contributed by atoms with Gasteiger partial charge in [-0.3, -0.25) is 0 Å². The molecule has 0 aromatic rings. The molecule has 0 bridgehead atoms. The predicted octanol–water partition coefficient (Wildman–Crippen LogP) is 1.79. The molecule has 0 aromatic heterocycles. The Labute approximate surface area is 105 Å². The average molecular weight is 264 g/mol. The first-order valence-electron chi connectivity index (χ1n) is 6.52. The third kappa shape index (κ3) is 5.36. The van der Waals surface area contributed by atoms with Crippen molar-refractivity contribution >= 4 is 9.84 Å². The minimum Gasteiger partial charge on any atom is -0.374 e. The van der Waals surface area contributed by atoms with Crippen LogP contribution in [0.5, 0.6) is 0 Å². The van der Waals surface area contributed by atoms with E-state index >= 15 is 0 Å². The monoisotopic (exact) mass is 264 g/mol. The normalized spacial score (nSPS) is 27.4. The Balaban J connectivity index is 2.40. The molecule has 1 saturated heterocycles. The summed E-state index contributed by atoms with van der Waals surface area (Å²) in [5, 5.41) is 0. The summed E-state index contributed by atoms with van der Waals surface area (Å²) in [5.41, 5.74) is 0. The number of hydrogen-bond donors (Lipinski definition) is 0. The van der Waals surface area contributed by atoms with Crippen molar-refractivity contribution in [2.24, 2.45) is 0 Å². The molecule has 0 aliphatic carbocycles. The topological polar surface area (TPSA) is 52.6 Å². The summed E-state index contributed by atoms with van der Waals surface area (Å²) in [6.07, 6.45) is 3.53. The largest absolute Gasteiger partial charge is 0.374 e. The number of sulfone groups is 1. The lowest BCUT2D eigenvalue weighted by atomic mass is 10.2. The minimum absolute atomic E-state index is 0.119. The van der Waals surface area contributed by atoms with Crippen molar-refractivity contribution in [3.63, 3.8) is 0 Å². The van der Waals surface area contributed by atoms with Gasteiger partial charge in [0.25, 0.3) is 0 Å². The molecule has 0 radical (unpaired) electrons. The first kappa shape index (κ1) is 14.9. The minimum atomic E-state index is -2.97. The van der Waals surface area contributed by atoms with Gasteiger partial charge in [-0.2, -0.15) is 0 Å². The molecule has 102 valence electrons. The van der Waals surface area contributed by atoms with Crippen molar-refractivity contribution in [2.45, 2.75) is 51.7 Å². The number of hydrogen-bond acceptors (Lipinski definition) is 4. The van der Waals surface area contributed by atoms with Gasteiger partial charge >= 0.3 is 0 Å². The van der Waals surface area contributed by atoms with Crippen LogP contribution < -0.4 is 0 Å². The Bertz CT molecular complexity index is 276. The van der Waals surface area contributed by atoms with E-state index < -0.39 is 9.84 Å². The van der Waals surface area contributed by atoms with E-state index in [0.717, 1.165) is 25.7 Å². The maximum atomic E-state index is 11.6. The molecule has 0 spiro atoms. The van der Waals surface area contributed by atoms with Gasteiger partial charge in [-0.25, -0.2) is 8.42 Å². The standard InChI is InChI=1S/C12H24O4S/c1-3-5-7-15-11-9-17(13,14)10-12(11)16-8-6-4-2/h11-12H,3-10H2,1-2H3/t11-,12+. The number of ether oxygens (including phenoxy) is 2. The molecule has 1 rings (SSSR count). The Morgan fingerprint density at radius 3 is 1.71 bits per heavy atom. The lowest BCUT2D eigenvalue weighted by Crippen LogP contribution is -2.30. The maximum Gasteiger partial charge on any atom is 0.155 e. The van der Waals surface area contributed by atoms with E-state index in [1.807, 2.05) is 0 Å². The summed E-state index contributed by atoms with van der Waals surface area (Å²) < 4.78 is 34.3. The van der Waals surface area contributed by atoms with Crippen molar-refractivity contribution in [3.05, 3.63) is 0 Å². The third-order valence-corrected chi connectivity index (χ3v) is 4.58. The molecule has 5 heteroatoms. The molecular weight excluding hydrogens is 240 g/mol. The fourth-order valence-corrected chi connectivity index (χ4v) is 3.61. The first-order valence-corrected chi connectivity index (χ1v) is 8.34. The Morgan fingerprint density at radius 1 is 0.941 bits per heavy atom. The predicted molar refractivity (Wildman–Crippen MR) is 67.9 cm³/mol. The highest BCUT2D eigenvalue weighted by atomic mass is 32.2.